The topological polar surface area (TPSA) is 89.9 Å². The number of nitrogens with two attached hydrogens (primary N) is 1. The Morgan fingerprint density at radius 1 is 1.44 bits per heavy atom. The number of nitrogen functional groups attached to an aromatic ring is 1. The second-order valence-corrected chi connectivity index (χ2v) is 4.23. The van der Waals surface area contributed by atoms with Gasteiger partial charge in [0, 0.05) is 0 Å². The Hall–Kier alpha value is -1.69. The molecule has 2 aromatic rings. The number of fused-ring (bicyclic) bond motifs is 1. The highest BCUT2D eigenvalue weighted by atomic mass is 16.3. The molecule has 1 aliphatic rings. The van der Waals surface area contributed by atoms with Gasteiger partial charge in [0.05, 0.1) is 19.0 Å². The second-order valence-electron chi connectivity index (χ2n) is 4.23. The molecule has 0 saturated heterocycles. The zero-order valence-electron chi connectivity index (χ0n) is 8.74. The second kappa shape index (κ2) is 3.41. The van der Waals surface area contributed by atoms with Crippen molar-refractivity contribution >= 4 is 17.0 Å². The van der Waals surface area contributed by atoms with Gasteiger partial charge in [0.2, 0.25) is 0 Å². The standard InChI is InChI=1S/C10H13N5O/c11-9-8-10(13-4-12-9)15(5-14-8)3-7(16)6-1-2-6/h4-7,16H,1-3H2,(H2,11,12,13)/t7-/m0/s1. The molecule has 6 heteroatoms. The maximum atomic E-state index is 9.87. The van der Waals surface area contributed by atoms with Gasteiger partial charge in [-0.05, 0) is 18.8 Å². The van der Waals surface area contributed by atoms with Crippen molar-refractivity contribution in [1.29, 1.82) is 0 Å². The van der Waals surface area contributed by atoms with Crippen LogP contribution in [0.3, 0.4) is 0 Å². The number of aromatic nitrogens is 4. The lowest BCUT2D eigenvalue weighted by Crippen LogP contribution is -2.17. The maximum absolute atomic E-state index is 9.87. The van der Waals surface area contributed by atoms with Crippen molar-refractivity contribution in [2.24, 2.45) is 5.92 Å². The van der Waals surface area contributed by atoms with Gasteiger partial charge in [0.15, 0.2) is 11.5 Å². The van der Waals surface area contributed by atoms with E-state index in [0.717, 1.165) is 12.8 Å². The molecule has 1 atom stereocenters. The Kier molecular flexibility index (Phi) is 2.03. The number of aliphatic hydroxyl groups is 1. The highest BCUT2D eigenvalue weighted by molar-refractivity contribution is 5.81. The van der Waals surface area contributed by atoms with E-state index in [-0.39, 0.29) is 6.10 Å². The summed E-state index contributed by atoms with van der Waals surface area (Å²) in [7, 11) is 0. The summed E-state index contributed by atoms with van der Waals surface area (Å²) < 4.78 is 1.83. The first-order valence-corrected chi connectivity index (χ1v) is 5.35. The van der Waals surface area contributed by atoms with Crippen LogP contribution in [0.1, 0.15) is 12.8 Å². The molecule has 84 valence electrons. The number of anilines is 1. The van der Waals surface area contributed by atoms with Crippen LogP contribution < -0.4 is 5.73 Å². The number of hydrogen-bond donors (Lipinski definition) is 2. The third-order valence-corrected chi connectivity index (χ3v) is 2.98. The Morgan fingerprint density at radius 3 is 3.00 bits per heavy atom. The molecule has 2 heterocycles. The monoisotopic (exact) mass is 219 g/mol. The molecule has 0 amide bonds. The molecule has 1 fully saturated rings. The number of rotatable bonds is 3. The predicted molar refractivity (Wildman–Crippen MR) is 58.5 cm³/mol. The molecule has 1 aliphatic carbocycles. The van der Waals surface area contributed by atoms with Gasteiger partial charge in [-0.25, -0.2) is 15.0 Å². The van der Waals surface area contributed by atoms with Gasteiger partial charge in [0.1, 0.15) is 11.8 Å². The number of aliphatic hydroxyl groups excluding tert-OH is 1. The van der Waals surface area contributed by atoms with Crippen molar-refractivity contribution in [2.75, 3.05) is 5.73 Å². The van der Waals surface area contributed by atoms with Crippen molar-refractivity contribution in [3.63, 3.8) is 0 Å². The molecule has 2 aromatic heterocycles. The molecule has 1 saturated carbocycles. The van der Waals surface area contributed by atoms with Crippen LogP contribution in [-0.2, 0) is 6.54 Å². The molecule has 16 heavy (non-hydrogen) atoms. The molecule has 0 bridgehead atoms. The summed E-state index contributed by atoms with van der Waals surface area (Å²) in [5.41, 5.74) is 6.97. The average molecular weight is 219 g/mol. The van der Waals surface area contributed by atoms with Gasteiger partial charge >= 0.3 is 0 Å². The van der Waals surface area contributed by atoms with Crippen molar-refractivity contribution in [2.45, 2.75) is 25.5 Å². The minimum atomic E-state index is -0.311. The highest BCUT2D eigenvalue weighted by Gasteiger charge is 2.30. The molecule has 0 spiro atoms. The summed E-state index contributed by atoms with van der Waals surface area (Å²) in [5, 5.41) is 9.87. The van der Waals surface area contributed by atoms with Crippen LogP contribution in [-0.4, -0.2) is 30.7 Å². The van der Waals surface area contributed by atoms with Gasteiger partial charge in [0.25, 0.3) is 0 Å². The number of imidazole rings is 1. The van der Waals surface area contributed by atoms with E-state index in [2.05, 4.69) is 15.0 Å². The summed E-state index contributed by atoms with van der Waals surface area (Å²) in [6.07, 6.45) is 4.99. The van der Waals surface area contributed by atoms with E-state index < -0.39 is 0 Å². The van der Waals surface area contributed by atoms with Gasteiger partial charge in [-0.2, -0.15) is 0 Å². The summed E-state index contributed by atoms with van der Waals surface area (Å²) in [4.78, 5) is 12.2. The largest absolute Gasteiger partial charge is 0.391 e. The van der Waals surface area contributed by atoms with Crippen molar-refractivity contribution in [3.8, 4) is 0 Å². The summed E-state index contributed by atoms with van der Waals surface area (Å²) >= 11 is 0. The highest BCUT2D eigenvalue weighted by Crippen LogP contribution is 2.33. The van der Waals surface area contributed by atoms with Crippen LogP contribution in [0, 0.1) is 5.92 Å². The van der Waals surface area contributed by atoms with Crippen LogP contribution >= 0.6 is 0 Å². The van der Waals surface area contributed by atoms with E-state index in [4.69, 9.17) is 5.73 Å². The first-order chi connectivity index (χ1) is 7.75. The van der Waals surface area contributed by atoms with Crippen LogP contribution in [0.25, 0.3) is 11.2 Å². The first-order valence-electron chi connectivity index (χ1n) is 5.35. The van der Waals surface area contributed by atoms with Gasteiger partial charge < -0.3 is 15.4 Å². The number of nitrogens with zero attached hydrogens (tertiary/aromatic N) is 4. The smallest absolute Gasteiger partial charge is 0.165 e. The SMILES string of the molecule is Nc1ncnc2c1ncn2C[C@H](O)C1CC1. The fourth-order valence-electron chi connectivity index (χ4n) is 1.86. The van der Waals surface area contributed by atoms with Crippen LogP contribution in [0.5, 0.6) is 0 Å². The molecule has 0 radical (unpaired) electrons. The van der Waals surface area contributed by atoms with Crippen LogP contribution in [0.15, 0.2) is 12.7 Å². The van der Waals surface area contributed by atoms with Crippen molar-refractivity contribution in [1.82, 2.24) is 19.5 Å². The molecular weight excluding hydrogens is 206 g/mol. The predicted octanol–water partition coefficient (Wildman–Crippen LogP) is 0.179. The summed E-state index contributed by atoms with van der Waals surface area (Å²) in [5.74, 6) is 0.821. The van der Waals surface area contributed by atoms with Crippen LogP contribution in [0.4, 0.5) is 5.82 Å². The van der Waals surface area contributed by atoms with Gasteiger partial charge in [-0.3, -0.25) is 0 Å². The summed E-state index contributed by atoms with van der Waals surface area (Å²) in [6, 6.07) is 0. The summed E-state index contributed by atoms with van der Waals surface area (Å²) in [6.45, 7) is 0.525. The van der Waals surface area contributed by atoms with E-state index in [0.29, 0.717) is 29.4 Å². The fourth-order valence-corrected chi connectivity index (χ4v) is 1.86. The Balaban J connectivity index is 1.94. The van der Waals surface area contributed by atoms with Crippen LogP contribution in [0.2, 0.25) is 0 Å². The van der Waals surface area contributed by atoms with E-state index in [9.17, 15) is 5.11 Å². The molecule has 6 nitrogen and oxygen atoms in total. The third kappa shape index (κ3) is 1.51. The minimum absolute atomic E-state index is 0.311. The molecule has 0 aromatic carbocycles. The lowest BCUT2D eigenvalue weighted by Gasteiger charge is -2.09. The quantitative estimate of drug-likeness (QED) is 0.768. The van der Waals surface area contributed by atoms with Crippen molar-refractivity contribution in [3.05, 3.63) is 12.7 Å². The molecule has 0 unspecified atom stereocenters. The third-order valence-electron chi connectivity index (χ3n) is 2.98. The zero-order chi connectivity index (χ0) is 11.1. The fraction of sp³-hybridized carbons (Fsp3) is 0.500. The molecule has 0 aliphatic heterocycles. The van der Waals surface area contributed by atoms with E-state index in [1.807, 2.05) is 4.57 Å². The molecule has 3 N–H and O–H groups in total. The minimum Gasteiger partial charge on any atom is -0.391 e. The Labute approximate surface area is 92.1 Å². The zero-order valence-corrected chi connectivity index (χ0v) is 8.74. The van der Waals surface area contributed by atoms with E-state index in [1.54, 1.807) is 6.33 Å². The van der Waals surface area contributed by atoms with Gasteiger partial charge in [-0.15, -0.1) is 0 Å². The lowest BCUT2D eigenvalue weighted by molar-refractivity contribution is 0.132. The average Bonchev–Trinajstić information content (AvgIpc) is 3.04. The number of hydrogen-bond acceptors (Lipinski definition) is 5. The Bertz CT molecular complexity index is 519. The molecule has 3 rings (SSSR count). The normalized spacial score (nSPS) is 17.8. The lowest BCUT2D eigenvalue weighted by atomic mass is 10.2. The van der Waals surface area contributed by atoms with Gasteiger partial charge in [-0.1, -0.05) is 0 Å². The Morgan fingerprint density at radius 2 is 2.25 bits per heavy atom. The van der Waals surface area contributed by atoms with Crippen molar-refractivity contribution < 1.29 is 5.11 Å². The van der Waals surface area contributed by atoms with E-state index in [1.165, 1.54) is 6.33 Å². The maximum Gasteiger partial charge on any atom is 0.165 e. The first kappa shape index (κ1) is 9.53. The van der Waals surface area contributed by atoms with E-state index >= 15 is 0 Å². The molecular formula is C10H13N5O.